The molecule has 78 valence electrons. The minimum absolute atomic E-state index is 0.0215. The summed E-state index contributed by atoms with van der Waals surface area (Å²) >= 11 is 0. The molecule has 0 aromatic heterocycles. The molecule has 0 saturated carbocycles. The summed E-state index contributed by atoms with van der Waals surface area (Å²) in [5.74, 6) is -1.50. The average molecular weight is 207 g/mol. The van der Waals surface area contributed by atoms with Crippen LogP contribution in [-0.4, -0.2) is 21.3 Å². The third kappa shape index (κ3) is 2.61. The first-order valence-electron chi connectivity index (χ1n) is 4.21. The van der Waals surface area contributed by atoms with Gasteiger partial charge in [0, 0.05) is 12.5 Å². The van der Waals surface area contributed by atoms with E-state index in [0.29, 0.717) is 5.56 Å². The number of carbonyl (C=O) groups is 1. The van der Waals surface area contributed by atoms with Crippen molar-refractivity contribution in [3.05, 3.63) is 23.3 Å². The number of nitrogens with zero attached hydrogens (tertiary/aromatic N) is 1. The molecule has 0 fully saturated rings. The minimum Gasteiger partial charge on any atom is -0.508 e. The van der Waals surface area contributed by atoms with Crippen molar-refractivity contribution < 1.29 is 20.1 Å². The van der Waals surface area contributed by atoms with Gasteiger partial charge in [0.15, 0.2) is 0 Å². The van der Waals surface area contributed by atoms with E-state index in [-0.39, 0.29) is 29.9 Å². The second-order valence-corrected chi connectivity index (χ2v) is 3.00. The van der Waals surface area contributed by atoms with Crippen LogP contribution in [0.25, 0.3) is 0 Å². The Balaban J connectivity index is 2.98. The molecule has 0 unspecified atom stereocenters. The molecule has 5 nitrogen and oxygen atoms in total. The van der Waals surface area contributed by atoms with Crippen molar-refractivity contribution in [2.75, 3.05) is 0 Å². The number of hydrogen-bond donors (Lipinski definition) is 3. The van der Waals surface area contributed by atoms with Crippen LogP contribution in [0.5, 0.6) is 11.5 Å². The fourth-order valence-corrected chi connectivity index (χ4v) is 1.15. The van der Waals surface area contributed by atoms with Gasteiger partial charge in [-0.2, -0.15) is 5.26 Å². The molecule has 5 heteroatoms. The Morgan fingerprint density at radius 3 is 2.53 bits per heavy atom. The minimum atomic E-state index is -0.985. The topological polar surface area (TPSA) is 102 Å². The molecule has 1 aromatic carbocycles. The highest BCUT2D eigenvalue weighted by atomic mass is 16.4. The molecule has 0 aliphatic carbocycles. The van der Waals surface area contributed by atoms with Crippen LogP contribution in [0, 0.1) is 11.3 Å². The number of carboxylic acids is 1. The van der Waals surface area contributed by atoms with Gasteiger partial charge in [0.25, 0.3) is 0 Å². The van der Waals surface area contributed by atoms with Gasteiger partial charge in [-0.25, -0.2) is 0 Å². The molecule has 0 bridgehead atoms. The number of rotatable bonds is 3. The SMILES string of the molecule is N#Cc1cc(CCC(=O)O)c(O)cc1O. The highest BCUT2D eigenvalue weighted by molar-refractivity contribution is 5.67. The van der Waals surface area contributed by atoms with Gasteiger partial charge in [-0.3, -0.25) is 4.79 Å². The Morgan fingerprint density at radius 2 is 2.00 bits per heavy atom. The highest BCUT2D eigenvalue weighted by Crippen LogP contribution is 2.27. The lowest BCUT2D eigenvalue weighted by Crippen LogP contribution is -1.98. The monoisotopic (exact) mass is 207 g/mol. The first-order valence-corrected chi connectivity index (χ1v) is 4.21. The largest absolute Gasteiger partial charge is 0.508 e. The number of nitriles is 1. The molecule has 0 saturated heterocycles. The van der Waals surface area contributed by atoms with Crippen LogP contribution in [0.1, 0.15) is 17.5 Å². The zero-order chi connectivity index (χ0) is 11.4. The molecule has 0 amide bonds. The lowest BCUT2D eigenvalue weighted by Gasteiger charge is -2.04. The number of carboxylic acid groups (broad SMARTS) is 1. The van der Waals surface area contributed by atoms with Crippen molar-refractivity contribution in [2.24, 2.45) is 0 Å². The second kappa shape index (κ2) is 4.33. The third-order valence-electron chi connectivity index (χ3n) is 1.93. The predicted octanol–water partition coefficient (Wildman–Crippen LogP) is 0.987. The molecular weight excluding hydrogens is 198 g/mol. The number of aryl methyl sites for hydroxylation is 1. The zero-order valence-corrected chi connectivity index (χ0v) is 7.77. The van der Waals surface area contributed by atoms with Crippen LogP contribution in [-0.2, 0) is 11.2 Å². The number of phenolic OH excluding ortho intramolecular Hbond substituents is 2. The van der Waals surface area contributed by atoms with Crippen molar-refractivity contribution in [2.45, 2.75) is 12.8 Å². The highest BCUT2D eigenvalue weighted by Gasteiger charge is 2.09. The molecule has 3 N–H and O–H groups in total. The van der Waals surface area contributed by atoms with Crippen molar-refractivity contribution in [1.82, 2.24) is 0 Å². The lowest BCUT2D eigenvalue weighted by atomic mass is 10.0. The zero-order valence-electron chi connectivity index (χ0n) is 7.77. The molecule has 0 spiro atoms. The van der Waals surface area contributed by atoms with Gasteiger partial charge in [0.2, 0.25) is 0 Å². The molecule has 1 aromatic rings. The van der Waals surface area contributed by atoms with Crippen LogP contribution >= 0.6 is 0 Å². The maximum Gasteiger partial charge on any atom is 0.303 e. The molecule has 0 aliphatic rings. The van der Waals surface area contributed by atoms with Crippen LogP contribution in [0.15, 0.2) is 12.1 Å². The fourth-order valence-electron chi connectivity index (χ4n) is 1.15. The quantitative estimate of drug-likeness (QED) is 0.685. The smallest absolute Gasteiger partial charge is 0.303 e. The Kier molecular flexibility index (Phi) is 3.13. The van der Waals surface area contributed by atoms with Crippen molar-refractivity contribution in [3.8, 4) is 17.6 Å². The summed E-state index contributed by atoms with van der Waals surface area (Å²) in [5.41, 5.74) is 0.361. The van der Waals surface area contributed by atoms with Crippen molar-refractivity contribution in [3.63, 3.8) is 0 Å². The van der Waals surface area contributed by atoms with Gasteiger partial charge in [-0.1, -0.05) is 0 Å². The summed E-state index contributed by atoms with van der Waals surface area (Å²) in [6, 6.07) is 4.06. The number of aliphatic carboxylic acids is 1. The third-order valence-corrected chi connectivity index (χ3v) is 1.93. The maximum absolute atomic E-state index is 10.3. The maximum atomic E-state index is 10.3. The lowest BCUT2D eigenvalue weighted by molar-refractivity contribution is -0.136. The second-order valence-electron chi connectivity index (χ2n) is 3.00. The van der Waals surface area contributed by atoms with E-state index in [1.165, 1.54) is 6.07 Å². The molecule has 0 atom stereocenters. The van der Waals surface area contributed by atoms with Gasteiger partial charge < -0.3 is 15.3 Å². The fraction of sp³-hybridized carbons (Fsp3) is 0.200. The molecule has 1 rings (SSSR count). The predicted molar refractivity (Wildman–Crippen MR) is 50.4 cm³/mol. The van der Waals surface area contributed by atoms with E-state index in [4.69, 9.17) is 10.4 Å². The summed E-state index contributed by atoms with van der Waals surface area (Å²) in [6.07, 6.45) is -0.0146. The summed E-state index contributed by atoms with van der Waals surface area (Å²) in [7, 11) is 0. The summed E-state index contributed by atoms with van der Waals surface area (Å²) in [4.78, 5) is 10.3. The number of benzene rings is 1. The van der Waals surface area contributed by atoms with Gasteiger partial charge in [-0.05, 0) is 18.1 Å². The molecule has 15 heavy (non-hydrogen) atoms. The Morgan fingerprint density at radius 1 is 1.33 bits per heavy atom. The Bertz CT molecular complexity index is 434. The van der Waals surface area contributed by atoms with E-state index >= 15 is 0 Å². The van der Waals surface area contributed by atoms with Crippen molar-refractivity contribution >= 4 is 5.97 Å². The van der Waals surface area contributed by atoms with Gasteiger partial charge >= 0.3 is 5.97 Å². The number of phenols is 2. The van der Waals surface area contributed by atoms with Gasteiger partial charge in [0.1, 0.15) is 17.6 Å². The van der Waals surface area contributed by atoms with Crippen LogP contribution in [0.4, 0.5) is 0 Å². The summed E-state index contributed by atoms with van der Waals surface area (Å²) < 4.78 is 0. The Hall–Kier alpha value is -2.22. The van der Waals surface area contributed by atoms with Crippen LogP contribution < -0.4 is 0 Å². The molecule has 0 aliphatic heterocycles. The van der Waals surface area contributed by atoms with E-state index < -0.39 is 5.97 Å². The van der Waals surface area contributed by atoms with E-state index in [1.54, 1.807) is 6.07 Å². The number of hydrogen-bond acceptors (Lipinski definition) is 4. The summed E-state index contributed by atoms with van der Waals surface area (Å²) in [5, 5.41) is 35.6. The van der Waals surface area contributed by atoms with Crippen LogP contribution in [0.3, 0.4) is 0 Å². The summed E-state index contributed by atoms with van der Waals surface area (Å²) in [6.45, 7) is 0. The van der Waals surface area contributed by atoms with E-state index in [1.807, 2.05) is 0 Å². The standard InChI is InChI=1S/C10H9NO4/c11-5-7-3-6(1-2-10(14)15)8(12)4-9(7)13/h3-4,12-13H,1-2H2,(H,14,15). The average Bonchev–Trinajstić information content (AvgIpc) is 2.16. The van der Waals surface area contributed by atoms with Crippen molar-refractivity contribution in [1.29, 1.82) is 5.26 Å². The normalized spacial score (nSPS) is 9.53. The van der Waals surface area contributed by atoms with E-state index in [9.17, 15) is 15.0 Å². The first kappa shape index (κ1) is 10.9. The van der Waals surface area contributed by atoms with Gasteiger partial charge in [-0.15, -0.1) is 0 Å². The Labute approximate surface area is 85.8 Å². The first-order chi connectivity index (χ1) is 7.04. The molecular formula is C10H9NO4. The number of aromatic hydroxyl groups is 2. The molecule has 0 heterocycles. The van der Waals surface area contributed by atoms with E-state index in [2.05, 4.69) is 0 Å². The van der Waals surface area contributed by atoms with E-state index in [0.717, 1.165) is 6.07 Å². The van der Waals surface area contributed by atoms with Gasteiger partial charge in [0.05, 0.1) is 5.56 Å². The molecule has 0 radical (unpaired) electrons. The van der Waals surface area contributed by atoms with Crippen LogP contribution in [0.2, 0.25) is 0 Å².